The Morgan fingerprint density at radius 1 is 1.46 bits per heavy atom. The summed E-state index contributed by atoms with van der Waals surface area (Å²) in [5.41, 5.74) is 1.71. The predicted octanol–water partition coefficient (Wildman–Crippen LogP) is 0.0888. The number of rotatable bonds is 5. The van der Waals surface area contributed by atoms with Crippen LogP contribution in [-0.2, 0) is 11.3 Å². The van der Waals surface area contributed by atoms with Gasteiger partial charge in [0.1, 0.15) is 5.52 Å². The van der Waals surface area contributed by atoms with Crippen LogP contribution >= 0.6 is 0 Å². The number of hydrogen-bond acceptors (Lipinski definition) is 5. The number of hydrogen-bond donors (Lipinski definition) is 2. The van der Waals surface area contributed by atoms with Crippen LogP contribution in [0.4, 0.5) is 0 Å². The van der Waals surface area contributed by atoms with Crippen LogP contribution in [0.3, 0.4) is 0 Å². The molecule has 1 amide bonds. The molecule has 0 saturated carbocycles. The van der Waals surface area contributed by atoms with Crippen molar-refractivity contribution in [2.75, 3.05) is 39.8 Å². The summed E-state index contributed by atoms with van der Waals surface area (Å²) in [5, 5.41) is 14.9. The number of carbonyl (C=O) groups is 1. The Bertz CT molecular complexity index is 744. The third-order valence-corrected chi connectivity index (χ3v) is 5.40. The van der Waals surface area contributed by atoms with E-state index in [0.717, 1.165) is 50.2 Å². The first kappa shape index (κ1) is 15.5. The van der Waals surface area contributed by atoms with Crippen molar-refractivity contribution >= 4 is 16.9 Å². The molecule has 1 aromatic carbocycles. The second-order valence-electron chi connectivity index (χ2n) is 7.09. The van der Waals surface area contributed by atoms with Crippen LogP contribution in [0.5, 0.6) is 0 Å². The molecule has 2 fully saturated rings. The molecule has 0 aliphatic carbocycles. The van der Waals surface area contributed by atoms with Gasteiger partial charge in [0.25, 0.3) is 0 Å². The molecule has 2 aliphatic rings. The molecule has 2 atom stereocenters. The number of likely N-dealkylation sites (tertiary alicyclic amines) is 1. The number of carbonyl (C=O) groups excluding carboxylic acids is 1. The fraction of sp³-hybridized carbons (Fsp3) is 0.588. The molecule has 2 N–H and O–H groups in total. The summed E-state index contributed by atoms with van der Waals surface area (Å²) in [6.45, 7) is 5.03. The molecule has 128 valence electrons. The fourth-order valence-electron chi connectivity index (χ4n) is 4.18. The number of aryl methyl sites for hydroxylation is 1. The molecule has 24 heavy (non-hydrogen) atoms. The lowest BCUT2D eigenvalue weighted by atomic mass is 9.80. The zero-order valence-electron chi connectivity index (χ0n) is 14.0. The molecule has 4 rings (SSSR count). The third kappa shape index (κ3) is 2.57. The minimum Gasteiger partial charge on any atom is -0.355 e. The van der Waals surface area contributed by atoms with E-state index in [9.17, 15) is 4.79 Å². The van der Waals surface area contributed by atoms with Crippen molar-refractivity contribution in [3.8, 4) is 0 Å². The monoisotopic (exact) mass is 328 g/mol. The maximum absolute atomic E-state index is 12.8. The molecule has 0 radical (unpaired) electrons. The van der Waals surface area contributed by atoms with Crippen molar-refractivity contribution in [3.05, 3.63) is 24.3 Å². The van der Waals surface area contributed by atoms with Gasteiger partial charge in [0.05, 0.1) is 10.9 Å². The van der Waals surface area contributed by atoms with Gasteiger partial charge >= 0.3 is 0 Å². The van der Waals surface area contributed by atoms with E-state index in [0.29, 0.717) is 12.5 Å². The second kappa shape index (κ2) is 6.14. The third-order valence-electron chi connectivity index (χ3n) is 5.40. The molecule has 7 nitrogen and oxygen atoms in total. The molecule has 0 unspecified atom stereocenters. The average Bonchev–Trinajstić information content (AvgIpc) is 3.24. The Kier molecular flexibility index (Phi) is 3.97. The second-order valence-corrected chi connectivity index (χ2v) is 7.09. The van der Waals surface area contributed by atoms with Gasteiger partial charge < -0.3 is 15.5 Å². The average molecular weight is 328 g/mol. The highest BCUT2D eigenvalue weighted by Crippen LogP contribution is 2.38. The number of nitrogens with one attached hydrogen (secondary N) is 2. The largest absolute Gasteiger partial charge is 0.355 e. The number of aromatic nitrogens is 3. The molecular formula is C17H24N6O. The molecule has 2 saturated heterocycles. The van der Waals surface area contributed by atoms with Gasteiger partial charge in [-0.3, -0.25) is 4.79 Å². The first-order chi connectivity index (χ1) is 11.7. The summed E-state index contributed by atoms with van der Waals surface area (Å²) >= 11 is 0. The first-order valence-corrected chi connectivity index (χ1v) is 8.65. The SMILES string of the molecule is CN1C[C@@H]2CNC[C@]2(C(=O)NCCCn2nnc3ccccc32)C1. The van der Waals surface area contributed by atoms with E-state index in [4.69, 9.17) is 0 Å². The van der Waals surface area contributed by atoms with Crippen molar-refractivity contribution in [3.63, 3.8) is 0 Å². The van der Waals surface area contributed by atoms with E-state index >= 15 is 0 Å². The summed E-state index contributed by atoms with van der Waals surface area (Å²) in [5.74, 6) is 0.632. The zero-order valence-corrected chi connectivity index (χ0v) is 14.0. The number of fused-ring (bicyclic) bond motifs is 2. The molecular weight excluding hydrogens is 304 g/mol. The van der Waals surface area contributed by atoms with Gasteiger partial charge in [0.2, 0.25) is 5.91 Å². The van der Waals surface area contributed by atoms with Crippen molar-refractivity contribution < 1.29 is 4.79 Å². The summed E-state index contributed by atoms with van der Waals surface area (Å²) in [7, 11) is 2.10. The van der Waals surface area contributed by atoms with Crippen molar-refractivity contribution in [1.82, 2.24) is 30.5 Å². The Morgan fingerprint density at radius 3 is 3.25 bits per heavy atom. The zero-order chi connectivity index (χ0) is 16.6. The van der Waals surface area contributed by atoms with Crippen LogP contribution in [0.25, 0.3) is 11.0 Å². The molecule has 0 bridgehead atoms. The number of para-hydroxylation sites is 1. The summed E-state index contributed by atoms with van der Waals surface area (Å²) in [6.07, 6.45) is 0.850. The molecule has 2 aromatic rings. The lowest BCUT2D eigenvalue weighted by Crippen LogP contribution is -2.47. The number of amides is 1. The van der Waals surface area contributed by atoms with Crippen LogP contribution in [0.1, 0.15) is 6.42 Å². The predicted molar refractivity (Wildman–Crippen MR) is 91.4 cm³/mol. The van der Waals surface area contributed by atoms with E-state index in [1.807, 2.05) is 28.9 Å². The standard InChI is InChI=1S/C17H24N6O/c1-22-10-13-9-18-11-17(13,12-22)16(24)19-7-4-8-23-15-6-3-2-5-14(15)20-21-23/h2-3,5-6,13,18H,4,7-12H2,1H3,(H,19,24)/t13-,17-/m0/s1. The highest BCUT2D eigenvalue weighted by Gasteiger charge is 2.53. The Hall–Kier alpha value is -1.99. The highest BCUT2D eigenvalue weighted by molar-refractivity contribution is 5.84. The maximum atomic E-state index is 12.8. The molecule has 1 aromatic heterocycles. The van der Waals surface area contributed by atoms with Crippen molar-refractivity contribution in [2.45, 2.75) is 13.0 Å². The topological polar surface area (TPSA) is 75.1 Å². The maximum Gasteiger partial charge on any atom is 0.229 e. The number of nitrogens with zero attached hydrogens (tertiary/aromatic N) is 4. The minimum atomic E-state index is -0.241. The van der Waals surface area contributed by atoms with E-state index in [1.54, 1.807) is 0 Å². The van der Waals surface area contributed by atoms with Gasteiger partial charge in [-0.05, 0) is 25.6 Å². The summed E-state index contributed by atoms with van der Waals surface area (Å²) < 4.78 is 1.91. The van der Waals surface area contributed by atoms with Crippen LogP contribution in [-0.4, -0.2) is 65.6 Å². The highest BCUT2D eigenvalue weighted by atomic mass is 16.2. The van der Waals surface area contributed by atoms with Gasteiger partial charge in [0, 0.05) is 45.2 Å². The van der Waals surface area contributed by atoms with Crippen LogP contribution in [0.15, 0.2) is 24.3 Å². The fourth-order valence-corrected chi connectivity index (χ4v) is 4.18. The smallest absolute Gasteiger partial charge is 0.229 e. The summed E-state index contributed by atoms with van der Waals surface area (Å²) in [4.78, 5) is 15.0. The van der Waals surface area contributed by atoms with E-state index in [1.165, 1.54) is 0 Å². The number of benzene rings is 1. The van der Waals surface area contributed by atoms with Crippen LogP contribution < -0.4 is 10.6 Å². The van der Waals surface area contributed by atoms with Crippen molar-refractivity contribution in [2.24, 2.45) is 11.3 Å². The molecule has 7 heteroatoms. The molecule has 3 heterocycles. The van der Waals surface area contributed by atoms with E-state index in [-0.39, 0.29) is 11.3 Å². The van der Waals surface area contributed by atoms with Gasteiger partial charge in [-0.2, -0.15) is 0 Å². The van der Waals surface area contributed by atoms with Crippen molar-refractivity contribution in [1.29, 1.82) is 0 Å². The van der Waals surface area contributed by atoms with E-state index < -0.39 is 0 Å². The van der Waals surface area contributed by atoms with Gasteiger partial charge in [0.15, 0.2) is 0 Å². The lowest BCUT2D eigenvalue weighted by Gasteiger charge is -2.26. The Labute approximate surface area is 141 Å². The normalized spacial score (nSPS) is 26.8. The van der Waals surface area contributed by atoms with Gasteiger partial charge in [-0.1, -0.05) is 17.3 Å². The lowest BCUT2D eigenvalue weighted by molar-refractivity contribution is -0.130. The van der Waals surface area contributed by atoms with Crippen LogP contribution in [0.2, 0.25) is 0 Å². The van der Waals surface area contributed by atoms with Crippen LogP contribution in [0, 0.1) is 11.3 Å². The Balaban J connectivity index is 1.32. The Morgan fingerprint density at radius 2 is 2.33 bits per heavy atom. The molecule has 2 aliphatic heterocycles. The van der Waals surface area contributed by atoms with E-state index in [2.05, 4.69) is 32.9 Å². The summed E-state index contributed by atoms with van der Waals surface area (Å²) in [6, 6.07) is 7.94. The molecule has 0 spiro atoms. The minimum absolute atomic E-state index is 0.199. The first-order valence-electron chi connectivity index (χ1n) is 8.65. The van der Waals surface area contributed by atoms with Gasteiger partial charge in [-0.25, -0.2) is 4.68 Å². The van der Waals surface area contributed by atoms with Gasteiger partial charge in [-0.15, -0.1) is 5.10 Å². The quantitative estimate of drug-likeness (QED) is 0.761.